The van der Waals surface area contributed by atoms with Gasteiger partial charge in [0.25, 0.3) is 0 Å². The molecule has 1 heterocycles. The molecule has 0 amide bonds. The summed E-state index contributed by atoms with van der Waals surface area (Å²) in [5.74, 6) is 2.17. The number of benzene rings is 1. The number of aliphatic imine (C=N–C) groups is 1. The number of nitrogens with one attached hydrogen (secondary N) is 2. The first-order valence-electron chi connectivity index (χ1n) is 8.03. The van der Waals surface area contributed by atoms with Crippen molar-refractivity contribution in [3.8, 4) is 0 Å². The minimum absolute atomic E-state index is 0.681. The molecule has 0 unspecified atom stereocenters. The Morgan fingerprint density at radius 1 is 1.22 bits per heavy atom. The van der Waals surface area contributed by atoms with Crippen LogP contribution in [0.25, 0.3) is 0 Å². The number of rotatable bonds is 7. The van der Waals surface area contributed by atoms with Crippen molar-refractivity contribution in [2.75, 3.05) is 13.6 Å². The first kappa shape index (κ1) is 17.0. The number of nitrogens with zero attached hydrogens (tertiary/aromatic N) is 3. The third kappa shape index (κ3) is 5.39. The lowest BCUT2D eigenvalue weighted by Crippen LogP contribution is -2.37. The molecular weight excluding hydrogens is 290 g/mol. The Balaban J connectivity index is 1.73. The Morgan fingerprint density at radius 3 is 2.65 bits per heavy atom. The van der Waals surface area contributed by atoms with Gasteiger partial charge in [-0.2, -0.15) is 4.98 Å². The van der Waals surface area contributed by atoms with Crippen LogP contribution in [0.1, 0.15) is 36.2 Å². The summed E-state index contributed by atoms with van der Waals surface area (Å²) in [5, 5.41) is 10.4. The highest BCUT2D eigenvalue weighted by molar-refractivity contribution is 5.79. The maximum atomic E-state index is 5.09. The van der Waals surface area contributed by atoms with Crippen LogP contribution in [0.2, 0.25) is 0 Å². The zero-order valence-corrected chi connectivity index (χ0v) is 14.1. The second-order valence-electron chi connectivity index (χ2n) is 5.31. The van der Waals surface area contributed by atoms with Crippen molar-refractivity contribution in [3.63, 3.8) is 0 Å². The van der Waals surface area contributed by atoms with Gasteiger partial charge in [-0.1, -0.05) is 36.3 Å². The van der Waals surface area contributed by atoms with E-state index in [9.17, 15) is 0 Å². The van der Waals surface area contributed by atoms with Crippen molar-refractivity contribution in [2.45, 2.75) is 39.7 Å². The highest BCUT2D eigenvalue weighted by Crippen LogP contribution is 2.08. The van der Waals surface area contributed by atoms with Crippen LogP contribution in [0, 0.1) is 6.92 Å². The summed E-state index contributed by atoms with van der Waals surface area (Å²) in [6.45, 7) is 5.57. The lowest BCUT2D eigenvalue weighted by Gasteiger charge is -2.13. The zero-order valence-electron chi connectivity index (χ0n) is 14.1. The minimum atomic E-state index is 0.681. The van der Waals surface area contributed by atoms with Gasteiger partial charge in [0.1, 0.15) is 0 Å². The van der Waals surface area contributed by atoms with Crippen LogP contribution in [-0.4, -0.2) is 29.7 Å². The topological polar surface area (TPSA) is 75.3 Å². The summed E-state index contributed by atoms with van der Waals surface area (Å²) in [7, 11) is 1.78. The van der Waals surface area contributed by atoms with Crippen LogP contribution in [0.5, 0.6) is 0 Å². The molecule has 0 saturated heterocycles. The van der Waals surface area contributed by atoms with Gasteiger partial charge in [0.05, 0.1) is 0 Å². The average molecular weight is 315 g/mol. The van der Waals surface area contributed by atoms with Gasteiger partial charge < -0.3 is 15.2 Å². The van der Waals surface area contributed by atoms with Crippen LogP contribution >= 0.6 is 0 Å². The number of hydrogen-bond donors (Lipinski definition) is 2. The van der Waals surface area contributed by atoms with Crippen molar-refractivity contribution in [2.24, 2.45) is 4.99 Å². The van der Waals surface area contributed by atoms with Gasteiger partial charge in [0.2, 0.25) is 5.89 Å². The van der Waals surface area contributed by atoms with Crippen LogP contribution in [-0.2, 0) is 19.4 Å². The molecule has 0 saturated carbocycles. The second kappa shape index (κ2) is 8.92. The van der Waals surface area contributed by atoms with Crippen molar-refractivity contribution in [1.29, 1.82) is 0 Å². The van der Waals surface area contributed by atoms with Gasteiger partial charge >= 0.3 is 0 Å². The maximum Gasteiger partial charge on any atom is 0.226 e. The average Bonchev–Trinajstić information content (AvgIpc) is 3.00. The summed E-state index contributed by atoms with van der Waals surface area (Å²) in [6, 6.07) is 8.46. The lowest BCUT2D eigenvalue weighted by atomic mass is 10.1. The molecule has 1 aromatic heterocycles. The van der Waals surface area contributed by atoms with Gasteiger partial charge in [0.15, 0.2) is 11.8 Å². The number of guanidine groups is 1. The van der Waals surface area contributed by atoms with E-state index in [1.807, 2.05) is 6.92 Å². The molecule has 0 spiro atoms. The van der Waals surface area contributed by atoms with Crippen molar-refractivity contribution < 1.29 is 4.52 Å². The van der Waals surface area contributed by atoms with E-state index in [1.165, 1.54) is 11.1 Å². The monoisotopic (exact) mass is 315 g/mol. The van der Waals surface area contributed by atoms with Crippen molar-refractivity contribution in [3.05, 3.63) is 47.1 Å². The third-order valence-electron chi connectivity index (χ3n) is 3.60. The first-order chi connectivity index (χ1) is 11.2. The summed E-state index contributed by atoms with van der Waals surface area (Å²) in [4.78, 5) is 8.44. The molecule has 2 rings (SSSR count). The third-order valence-corrected chi connectivity index (χ3v) is 3.60. The highest BCUT2D eigenvalue weighted by Gasteiger charge is 2.04. The van der Waals surface area contributed by atoms with Crippen molar-refractivity contribution in [1.82, 2.24) is 20.8 Å². The molecule has 0 aliphatic rings. The van der Waals surface area contributed by atoms with Crippen LogP contribution in [0.3, 0.4) is 0 Å². The Labute approximate surface area is 137 Å². The van der Waals surface area contributed by atoms with Gasteiger partial charge in [-0.25, -0.2) is 0 Å². The minimum Gasteiger partial charge on any atom is -0.356 e. The molecule has 0 aliphatic carbocycles. The van der Waals surface area contributed by atoms with E-state index in [0.717, 1.165) is 38.3 Å². The molecular formula is C17H25N5O. The summed E-state index contributed by atoms with van der Waals surface area (Å²) in [5.41, 5.74) is 2.67. The Bertz CT molecular complexity index is 635. The fraction of sp³-hybridized carbons (Fsp3) is 0.471. The SMILES string of the molecule is CCc1ccccc1CNC(=NC)NCCCc1nc(C)no1. The Morgan fingerprint density at radius 2 is 2.00 bits per heavy atom. The Hall–Kier alpha value is -2.37. The van der Waals surface area contributed by atoms with Crippen LogP contribution < -0.4 is 10.6 Å². The molecule has 0 fully saturated rings. The smallest absolute Gasteiger partial charge is 0.226 e. The molecule has 124 valence electrons. The Kier molecular flexibility index (Phi) is 6.59. The molecule has 0 bridgehead atoms. The normalized spacial score (nSPS) is 11.5. The molecule has 6 heteroatoms. The standard InChI is InChI=1S/C17H25N5O/c1-4-14-8-5-6-9-15(14)12-20-17(18-3)19-11-7-10-16-21-13(2)22-23-16/h5-6,8-9H,4,7,10-12H2,1-3H3,(H2,18,19,20). The highest BCUT2D eigenvalue weighted by atomic mass is 16.5. The van der Waals surface area contributed by atoms with E-state index in [0.29, 0.717) is 11.7 Å². The fourth-order valence-electron chi connectivity index (χ4n) is 2.36. The van der Waals surface area contributed by atoms with E-state index in [1.54, 1.807) is 7.05 Å². The first-order valence-corrected chi connectivity index (χ1v) is 8.03. The lowest BCUT2D eigenvalue weighted by molar-refractivity contribution is 0.372. The molecule has 2 aromatic rings. The van der Waals surface area contributed by atoms with Gasteiger partial charge in [-0.15, -0.1) is 0 Å². The zero-order chi connectivity index (χ0) is 16.5. The van der Waals surface area contributed by atoms with E-state index >= 15 is 0 Å². The molecule has 1 aromatic carbocycles. The number of aryl methyl sites for hydroxylation is 3. The quantitative estimate of drug-likeness (QED) is 0.465. The van der Waals surface area contributed by atoms with E-state index < -0.39 is 0 Å². The van der Waals surface area contributed by atoms with E-state index in [-0.39, 0.29) is 0 Å². The fourth-order valence-corrected chi connectivity index (χ4v) is 2.36. The molecule has 23 heavy (non-hydrogen) atoms. The number of aromatic nitrogens is 2. The summed E-state index contributed by atoms with van der Waals surface area (Å²) in [6.07, 6.45) is 2.71. The van der Waals surface area contributed by atoms with Crippen molar-refractivity contribution >= 4 is 5.96 Å². The van der Waals surface area contributed by atoms with E-state index in [2.05, 4.69) is 57.0 Å². The molecule has 2 N–H and O–H groups in total. The summed E-state index contributed by atoms with van der Waals surface area (Å²) >= 11 is 0. The van der Waals surface area contributed by atoms with Crippen LogP contribution in [0.15, 0.2) is 33.8 Å². The van der Waals surface area contributed by atoms with Gasteiger partial charge in [-0.05, 0) is 30.9 Å². The largest absolute Gasteiger partial charge is 0.356 e. The van der Waals surface area contributed by atoms with Gasteiger partial charge in [0, 0.05) is 26.6 Å². The second-order valence-corrected chi connectivity index (χ2v) is 5.31. The predicted molar refractivity (Wildman–Crippen MR) is 91.4 cm³/mol. The molecule has 0 atom stereocenters. The molecule has 0 aliphatic heterocycles. The number of hydrogen-bond acceptors (Lipinski definition) is 4. The predicted octanol–water partition coefficient (Wildman–Crippen LogP) is 2.24. The molecule has 0 radical (unpaired) electrons. The molecule has 6 nitrogen and oxygen atoms in total. The summed E-state index contributed by atoms with van der Waals surface area (Å²) < 4.78 is 5.09. The van der Waals surface area contributed by atoms with Crippen LogP contribution in [0.4, 0.5) is 0 Å². The maximum absolute atomic E-state index is 5.09. The van der Waals surface area contributed by atoms with E-state index in [4.69, 9.17) is 4.52 Å². The van der Waals surface area contributed by atoms with Gasteiger partial charge in [-0.3, -0.25) is 4.99 Å².